The summed E-state index contributed by atoms with van der Waals surface area (Å²) in [5.41, 5.74) is 4.39. The Balaban J connectivity index is 2.95. The summed E-state index contributed by atoms with van der Waals surface area (Å²) < 4.78 is 48.0. The normalized spacial score (nSPS) is 11.0. The number of hydrogen-bond acceptors (Lipinski definition) is 4. The van der Waals surface area contributed by atoms with Crippen molar-refractivity contribution in [3.8, 4) is 5.75 Å². The van der Waals surface area contributed by atoms with Crippen molar-refractivity contribution < 1.29 is 27.4 Å². The van der Waals surface area contributed by atoms with Gasteiger partial charge in [0, 0.05) is 5.56 Å². The van der Waals surface area contributed by atoms with Crippen molar-refractivity contribution in [2.24, 2.45) is 5.73 Å². The Bertz CT molecular complexity index is 517. The molecule has 20 heavy (non-hydrogen) atoms. The smallest absolute Gasteiger partial charge is 0.419 e. The lowest BCUT2D eigenvalue weighted by Crippen LogP contribution is -2.15. The lowest BCUT2D eigenvalue weighted by Gasteiger charge is -2.14. The number of alkyl halides is 3. The minimum Gasteiger partial charge on any atom is -0.492 e. The predicted molar refractivity (Wildman–Crippen MR) is 69.5 cm³/mol. The van der Waals surface area contributed by atoms with Crippen molar-refractivity contribution in [1.82, 2.24) is 0 Å². The standard InChI is InChI=1S/C12H12F3NO3S/c1-18-10(17)4-5-19-9-3-2-7(11(16)20)6-8(9)12(13,14)15/h2-3,6H,4-5H2,1H3,(H2,16,20). The molecule has 0 amide bonds. The zero-order valence-corrected chi connectivity index (χ0v) is 11.3. The number of ether oxygens (including phenoxy) is 2. The van der Waals surface area contributed by atoms with E-state index in [1.807, 2.05) is 0 Å². The third kappa shape index (κ3) is 4.37. The summed E-state index contributed by atoms with van der Waals surface area (Å²) in [6.07, 6.45) is -4.76. The van der Waals surface area contributed by atoms with Crippen molar-refractivity contribution in [3.05, 3.63) is 29.3 Å². The van der Waals surface area contributed by atoms with E-state index in [1.165, 1.54) is 13.2 Å². The topological polar surface area (TPSA) is 61.5 Å². The fourth-order valence-electron chi connectivity index (χ4n) is 1.38. The molecule has 0 saturated heterocycles. The van der Waals surface area contributed by atoms with Gasteiger partial charge in [-0.1, -0.05) is 12.2 Å². The Morgan fingerprint density at radius 2 is 2.05 bits per heavy atom. The van der Waals surface area contributed by atoms with Crippen LogP contribution in [-0.2, 0) is 15.7 Å². The van der Waals surface area contributed by atoms with E-state index >= 15 is 0 Å². The molecule has 8 heteroatoms. The van der Waals surface area contributed by atoms with E-state index in [0.29, 0.717) is 0 Å². The van der Waals surface area contributed by atoms with Gasteiger partial charge >= 0.3 is 12.1 Å². The third-order valence-electron chi connectivity index (χ3n) is 2.36. The van der Waals surface area contributed by atoms with E-state index in [2.05, 4.69) is 17.0 Å². The Hall–Kier alpha value is -1.83. The molecule has 0 bridgehead atoms. The van der Waals surface area contributed by atoms with Crippen molar-refractivity contribution >= 4 is 23.2 Å². The molecule has 1 aromatic carbocycles. The monoisotopic (exact) mass is 307 g/mol. The molecule has 0 saturated carbocycles. The number of halogens is 3. The van der Waals surface area contributed by atoms with Crippen LogP contribution in [0.25, 0.3) is 0 Å². The number of thiocarbonyl (C=S) groups is 1. The van der Waals surface area contributed by atoms with E-state index in [9.17, 15) is 18.0 Å². The van der Waals surface area contributed by atoms with Crippen LogP contribution in [0.2, 0.25) is 0 Å². The molecule has 4 nitrogen and oxygen atoms in total. The first-order valence-electron chi connectivity index (χ1n) is 5.46. The molecule has 0 fully saturated rings. The van der Waals surface area contributed by atoms with E-state index in [-0.39, 0.29) is 29.3 Å². The molecule has 1 rings (SSSR count). The fourth-order valence-corrected chi connectivity index (χ4v) is 1.50. The fraction of sp³-hybridized carbons (Fsp3) is 0.333. The number of nitrogens with two attached hydrogens (primary N) is 1. The molecule has 0 aliphatic carbocycles. The number of esters is 1. The molecule has 0 spiro atoms. The molecule has 0 heterocycles. The average molecular weight is 307 g/mol. The van der Waals surface area contributed by atoms with Gasteiger partial charge in [0.05, 0.1) is 25.7 Å². The van der Waals surface area contributed by atoms with Gasteiger partial charge in [0.1, 0.15) is 10.7 Å². The molecule has 110 valence electrons. The van der Waals surface area contributed by atoms with Gasteiger partial charge in [-0.05, 0) is 18.2 Å². The summed E-state index contributed by atoms with van der Waals surface area (Å²) in [6, 6.07) is 3.26. The van der Waals surface area contributed by atoms with Crippen LogP contribution in [0.15, 0.2) is 18.2 Å². The van der Waals surface area contributed by atoms with Crippen LogP contribution in [0.4, 0.5) is 13.2 Å². The quantitative estimate of drug-likeness (QED) is 0.668. The number of hydrogen-bond donors (Lipinski definition) is 1. The van der Waals surface area contributed by atoms with Gasteiger partial charge in [-0.15, -0.1) is 0 Å². The van der Waals surface area contributed by atoms with Crippen LogP contribution in [-0.4, -0.2) is 24.7 Å². The number of benzene rings is 1. The lowest BCUT2D eigenvalue weighted by atomic mass is 10.1. The minimum absolute atomic E-state index is 0.0904. The highest BCUT2D eigenvalue weighted by molar-refractivity contribution is 7.80. The van der Waals surface area contributed by atoms with Crippen LogP contribution in [0.5, 0.6) is 5.75 Å². The Labute approximate surface area is 118 Å². The van der Waals surface area contributed by atoms with Gasteiger partial charge in [-0.25, -0.2) is 0 Å². The van der Waals surface area contributed by atoms with E-state index < -0.39 is 17.7 Å². The molecule has 0 aromatic heterocycles. The zero-order chi connectivity index (χ0) is 15.3. The molecule has 0 radical (unpaired) electrons. The highest BCUT2D eigenvalue weighted by Gasteiger charge is 2.34. The second kappa shape index (κ2) is 6.56. The number of carbonyl (C=O) groups excluding carboxylic acids is 1. The minimum atomic E-state index is -4.61. The first-order chi connectivity index (χ1) is 9.25. The van der Waals surface area contributed by atoms with Crippen molar-refractivity contribution in [3.63, 3.8) is 0 Å². The summed E-state index contributed by atoms with van der Waals surface area (Å²) in [7, 11) is 1.18. The van der Waals surface area contributed by atoms with Crippen molar-refractivity contribution in [2.75, 3.05) is 13.7 Å². The van der Waals surface area contributed by atoms with Gasteiger partial charge in [0.25, 0.3) is 0 Å². The van der Waals surface area contributed by atoms with Gasteiger partial charge in [-0.2, -0.15) is 13.2 Å². The summed E-state index contributed by atoms with van der Waals surface area (Å²) in [4.78, 5) is 10.7. The maximum absolute atomic E-state index is 12.9. The van der Waals surface area contributed by atoms with E-state index in [1.54, 1.807) is 0 Å². The summed E-state index contributed by atoms with van der Waals surface area (Å²) >= 11 is 4.63. The first-order valence-corrected chi connectivity index (χ1v) is 5.87. The van der Waals surface area contributed by atoms with Crippen LogP contribution >= 0.6 is 12.2 Å². The van der Waals surface area contributed by atoms with Crippen LogP contribution < -0.4 is 10.5 Å². The summed E-state index contributed by atoms with van der Waals surface area (Å²) in [5.74, 6) is -0.959. The molecular formula is C12H12F3NO3S. The molecular weight excluding hydrogens is 295 g/mol. The molecule has 2 N–H and O–H groups in total. The Morgan fingerprint density at radius 1 is 1.40 bits per heavy atom. The molecule has 0 unspecified atom stereocenters. The van der Waals surface area contributed by atoms with Gasteiger partial charge in [-0.3, -0.25) is 4.79 Å². The SMILES string of the molecule is COC(=O)CCOc1ccc(C(N)=S)cc1C(F)(F)F. The highest BCUT2D eigenvalue weighted by Crippen LogP contribution is 2.36. The molecule has 1 aromatic rings. The third-order valence-corrected chi connectivity index (χ3v) is 2.60. The Morgan fingerprint density at radius 3 is 2.55 bits per heavy atom. The van der Waals surface area contributed by atoms with E-state index in [0.717, 1.165) is 12.1 Å². The average Bonchev–Trinajstić information content (AvgIpc) is 2.37. The molecule has 0 atom stereocenters. The Kier molecular flexibility index (Phi) is 5.32. The lowest BCUT2D eigenvalue weighted by molar-refractivity contribution is -0.141. The van der Waals surface area contributed by atoms with Crippen LogP contribution in [0, 0.1) is 0 Å². The predicted octanol–water partition coefficient (Wildman–Crippen LogP) is 2.28. The molecule has 0 aliphatic rings. The first kappa shape index (κ1) is 16.2. The van der Waals surface area contributed by atoms with E-state index in [4.69, 9.17) is 10.5 Å². The largest absolute Gasteiger partial charge is 0.492 e. The zero-order valence-electron chi connectivity index (χ0n) is 10.5. The summed E-state index contributed by atoms with van der Waals surface area (Å²) in [5, 5.41) is 0. The summed E-state index contributed by atoms with van der Waals surface area (Å²) in [6.45, 7) is -0.220. The maximum atomic E-state index is 12.9. The second-order valence-corrected chi connectivity index (χ2v) is 4.19. The van der Waals surface area contributed by atoms with Crippen LogP contribution in [0.3, 0.4) is 0 Å². The van der Waals surface area contributed by atoms with Gasteiger partial charge in [0.2, 0.25) is 0 Å². The van der Waals surface area contributed by atoms with Gasteiger partial charge in [0.15, 0.2) is 0 Å². The molecule has 0 aliphatic heterocycles. The van der Waals surface area contributed by atoms with Crippen molar-refractivity contribution in [1.29, 1.82) is 0 Å². The number of methoxy groups -OCH3 is 1. The maximum Gasteiger partial charge on any atom is 0.419 e. The number of rotatable bonds is 5. The van der Waals surface area contributed by atoms with Crippen molar-refractivity contribution in [2.45, 2.75) is 12.6 Å². The van der Waals surface area contributed by atoms with Gasteiger partial charge < -0.3 is 15.2 Å². The second-order valence-electron chi connectivity index (χ2n) is 3.75. The number of carbonyl (C=O) groups is 1. The highest BCUT2D eigenvalue weighted by atomic mass is 32.1. The van der Waals surface area contributed by atoms with Crippen LogP contribution in [0.1, 0.15) is 17.5 Å².